The van der Waals surface area contributed by atoms with Crippen molar-refractivity contribution >= 4 is 17.3 Å². The molecule has 0 fully saturated rings. The molecule has 96 valence electrons. The third-order valence-corrected chi connectivity index (χ3v) is 3.32. The van der Waals surface area contributed by atoms with Crippen LogP contribution in [0.2, 0.25) is 5.15 Å². The minimum atomic E-state index is 0.657. The molecule has 0 atom stereocenters. The highest BCUT2D eigenvalue weighted by Crippen LogP contribution is 2.13. The maximum Gasteiger partial charge on any atom is 0.128 e. The Morgan fingerprint density at radius 1 is 1.28 bits per heavy atom. The molecule has 0 amide bonds. The van der Waals surface area contributed by atoms with Crippen molar-refractivity contribution in [2.45, 2.75) is 26.3 Å². The van der Waals surface area contributed by atoms with Gasteiger partial charge in [0.1, 0.15) is 11.0 Å². The molecule has 0 unspecified atom stereocenters. The van der Waals surface area contributed by atoms with E-state index in [9.17, 15) is 0 Å². The van der Waals surface area contributed by atoms with Gasteiger partial charge < -0.3 is 9.88 Å². The number of benzene rings is 1. The van der Waals surface area contributed by atoms with Crippen LogP contribution in [0.5, 0.6) is 0 Å². The molecule has 2 rings (SSSR count). The van der Waals surface area contributed by atoms with E-state index in [2.05, 4.69) is 41.5 Å². The highest BCUT2D eigenvalue weighted by Gasteiger charge is 2.03. The van der Waals surface area contributed by atoms with Gasteiger partial charge in [0.05, 0.1) is 12.7 Å². The largest absolute Gasteiger partial charge is 0.378 e. The van der Waals surface area contributed by atoms with E-state index >= 15 is 0 Å². The van der Waals surface area contributed by atoms with Gasteiger partial charge in [0, 0.05) is 12.7 Å². The first-order chi connectivity index (χ1) is 8.70. The Labute approximate surface area is 113 Å². The molecule has 0 bridgehead atoms. The maximum atomic E-state index is 5.94. The van der Waals surface area contributed by atoms with Crippen molar-refractivity contribution in [2.24, 2.45) is 7.05 Å². The average Bonchev–Trinajstić information content (AvgIpc) is 2.70. The fraction of sp³-hybridized carbons (Fsp3) is 0.357. The lowest BCUT2D eigenvalue weighted by atomic mass is 10.1. The Balaban J connectivity index is 1.96. The van der Waals surface area contributed by atoms with E-state index < -0.39 is 0 Å². The maximum absolute atomic E-state index is 5.94. The van der Waals surface area contributed by atoms with E-state index in [0.717, 1.165) is 17.9 Å². The molecule has 1 aromatic heterocycles. The van der Waals surface area contributed by atoms with Crippen molar-refractivity contribution < 1.29 is 0 Å². The van der Waals surface area contributed by atoms with Gasteiger partial charge in [0.2, 0.25) is 0 Å². The van der Waals surface area contributed by atoms with E-state index in [1.165, 1.54) is 12.0 Å². The Kier molecular flexibility index (Phi) is 4.26. The highest BCUT2D eigenvalue weighted by atomic mass is 35.5. The summed E-state index contributed by atoms with van der Waals surface area (Å²) in [7, 11) is 1.91. The van der Waals surface area contributed by atoms with E-state index in [4.69, 9.17) is 11.6 Å². The minimum Gasteiger partial charge on any atom is -0.378 e. The lowest BCUT2D eigenvalue weighted by Gasteiger charge is -2.07. The molecule has 4 heteroatoms. The first-order valence-corrected chi connectivity index (χ1v) is 6.57. The standard InChI is InChI=1S/C14H18ClN3/c1-3-4-11-5-7-12(8-6-11)16-10-14-17-9-13(15)18(14)2/h5-9,16H,3-4,10H2,1-2H3. The molecule has 0 saturated heterocycles. The molecule has 0 saturated carbocycles. The fourth-order valence-electron chi connectivity index (χ4n) is 1.85. The lowest BCUT2D eigenvalue weighted by molar-refractivity contribution is 0.813. The monoisotopic (exact) mass is 263 g/mol. The van der Waals surface area contributed by atoms with Crippen molar-refractivity contribution in [2.75, 3.05) is 5.32 Å². The van der Waals surface area contributed by atoms with Gasteiger partial charge in [-0.3, -0.25) is 0 Å². The van der Waals surface area contributed by atoms with Crippen molar-refractivity contribution in [3.8, 4) is 0 Å². The third-order valence-electron chi connectivity index (χ3n) is 2.97. The predicted octanol–water partition coefficient (Wildman–Crippen LogP) is 3.64. The smallest absolute Gasteiger partial charge is 0.128 e. The SMILES string of the molecule is CCCc1ccc(NCc2ncc(Cl)n2C)cc1. The number of rotatable bonds is 5. The Hall–Kier alpha value is -1.48. The van der Waals surface area contributed by atoms with Crippen LogP contribution in [0, 0.1) is 0 Å². The molecule has 1 N–H and O–H groups in total. The predicted molar refractivity (Wildman–Crippen MR) is 76.0 cm³/mol. The summed E-state index contributed by atoms with van der Waals surface area (Å²) < 4.78 is 1.88. The van der Waals surface area contributed by atoms with Crippen LogP contribution in [0.3, 0.4) is 0 Å². The topological polar surface area (TPSA) is 29.9 Å². The Morgan fingerprint density at radius 3 is 2.56 bits per heavy atom. The molecular weight excluding hydrogens is 246 g/mol. The summed E-state index contributed by atoms with van der Waals surface area (Å²) in [6.45, 7) is 2.87. The molecule has 0 aliphatic heterocycles. The van der Waals surface area contributed by atoms with Crippen molar-refractivity contribution in [1.82, 2.24) is 9.55 Å². The van der Waals surface area contributed by atoms with Gasteiger partial charge in [0.15, 0.2) is 0 Å². The van der Waals surface area contributed by atoms with Crippen LogP contribution in [-0.2, 0) is 20.0 Å². The van der Waals surface area contributed by atoms with Crippen LogP contribution < -0.4 is 5.32 Å². The van der Waals surface area contributed by atoms with Crippen LogP contribution in [0.15, 0.2) is 30.5 Å². The van der Waals surface area contributed by atoms with Crippen LogP contribution in [0.1, 0.15) is 24.7 Å². The van der Waals surface area contributed by atoms with Crippen molar-refractivity contribution in [3.63, 3.8) is 0 Å². The molecule has 0 spiro atoms. The normalized spacial score (nSPS) is 10.6. The number of anilines is 1. The third kappa shape index (κ3) is 3.05. The number of nitrogens with one attached hydrogen (secondary N) is 1. The molecule has 0 aliphatic rings. The van der Waals surface area contributed by atoms with Crippen LogP contribution in [-0.4, -0.2) is 9.55 Å². The molecule has 18 heavy (non-hydrogen) atoms. The molecule has 1 heterocycles. The number of nitrogens with zero attached hydrogens (tertiary/aromatic N) is 2. The quantitative estimate of drug-likeness (QED) is 0.893. The lowest BCUT2D eigenvalue weighted by Crippen LogP contribution is -2.06. The number of aromatic nitrogens is 2. The first kappa shape index (κ1) is 13.0. The molecule has 0 aliphatic carbocycles. The highest BCUT2D eigenvalue weighted by molar-refractivity contribution is 6.29. The summed E-state index contributed by atoms with van der Waals surface area (Å²) in [5.74, 6) is 0.928. The summed E-state index contributed by atoms with van der Waals surface area (Å²) in [6.07, 6.45) is 3.98. The molecular formula is C14H18ClN3. The van der Waals surface area contributed by atoms with Gasteiger partial charge >= 0.3 is 0 Å². The molecule has 0 radical (unpaired) electrons. The zero-order valence-electron chi connectivity index (χ0n) is 10.8. The van der Waals surface area contributed by atoms with Crippen LogP contribution in [0.4, 0.5) is 5.69 Å². The number of imidazole rings is 1. The average molecular weight is 264 g/mol. The summed E-state index contributed by atoms with van der Waals surface area (Å²) >= 11 is 5.94. The van der Waals surface area contributed by atoms with Crippen LogP contribution >= 0.6 is 11.6 Å². The summed E-state index contributed by atoms with van der Waals surface area (Å²) in [6, 6.07) is 8.54. The van der Waals surface area contributed by atoms with Gasteiger partial charge in [-0.15, -0.1) is 0 Å². The number of hydrogen-bond donors (Lipinski definition) is 1. The fourth-order valence-corrected chi connectivity index (χ4v) is 1.99. The van der Waals surface area contributed by atoms with Gasteiger partial charge in [-0.1, -0.05) is 37.1 Å². The summed E-state index contributed by atoms with van der Waals surface area (Å²) in [5.41, 5.74) is 2.48. The van der Waals surface area contributed by atoms with Gasteiger partial charge in [-0.05, 0) is 24.1 Å². The van der Waals surface area contributed by atoms with E-state index in [1.54, 1.807) is 6.20 Å². The Morgan fingerprint density at radius 2 is 2.00 bits per heavy atom. The first-order valence-electron chi connectivity index (χ1n) is 6.19. The zero-order chi connectivity index (χ0) is 13.0. The second kappa shape index (κ2) is 5.91. The molecule has 2 aromatic rings. The van der Waals surface area contributed by atoms with E-state index in [1.807, 2.05) is 11.6 Å². The van der Waals surface area contributed by atoms with E-state index in [0.29, 0.717) is 11.7 Å². The van der Waals surface area contributed by atoms with Gasteiger partial charge in [-0.25, -0.2) is 4.98 Å². The van der Waals surface area contributed by atoms with Crippen LogP contribution in [0.25, 0.3) is 0 Å². The second-order valence-corrected chi connectivity index (χ2v) is 4.74. The minimum absolute atomic E-state index is 0.657. The second-order valence-electron chi connectivity index (χ2n) is 4.36. The van der Waals surface area contributed by atoms with Gasteiger partial charge in [0.25, 0.3) is 0 Å². The van der Waals surface area contributed by atoms with E-state index in [-0.39, 0.29) is 0 Å². The number of halogens is 1. The zero-order valence-corrected chi connectivity index (χ0v) is 11.5. The summed E-state index contributed by atoms with van der Waals surface area (Å²) in [4.78, 5) is 4.25. The molecule has 1 aromatic carbocycles. The van der Waals surface area contributed by atoms with Gasteiger partial charge in [-0.2, -0.15) is 0 Å². The van der Waals surface area contributed by atoms with Crippen molar-refractivity contribution in [3.05, 3.63) is 47.0 Å². The number of hydrogen-bond acceptors (Lipinski definition) is 2. The Bertz CT molecular complexity index is 502. The number of aryl methyl sites for hydroxylation is 1. The van der Waals surface area contributed by atoms with Crippen molar-refractivity contribution in [1.29, 1.82) is 0 Å². The summed E-state index contributed by atoms with van der Waals surface area (Å²) in [5, 5.41) is 4.00. The molecule has 3 nitrogen and oxygen atoms in total.